The molecule has 8 nitrogen and oxygen atoms in total. The molecule has 2 unspecified atom stereocenters. The van der Waals surface area contributed by atoms with Gasteiger partial charge in [-0.2, -0.15) is 4.31 Å². The zero-order valence-corrected chi connectivity index (χ0v) is 20.7. The maximum atomic E-state index is 13.1. The molecule has 0 bridgehead atoms. The number of sulfonamides is 1. The molecule has 3 rings (SSSR count). The van der Waals surface area contributed by atoms with Crippen LogP contribution in [0.3, 0.4) is 0 Å². The third kappa shape index (κ3) is 6.26. The molecule has 2 N–H and O–H groups in total. The summed E-state index contributed by atoms with van der Waals surface area (Å²) in [6.45, 7) is 4.43. The summed E-state index contributed by atoms with van der Waals surface area (Å²) in [5, 5.41) is 6.05. The van der Waals surface area contributed by atoms with E-state index in [-0.39, 0.29) is 35.2 Å². The number of ether oxygens (including phenoxy) is 1. The highest BCUT2D eigenvalue weighted by Crippen LogP contribution is 2.26. The maximum absolute atomic E-state index is 13.1. The zero-order valence-electron chi connectivity index (χ0n) is 19.9. The number of nitrogens with one attached hydrogen (secondary N) is 2. The lowest BCUT2D eigenvalue weighted by atomic mass is 9.94. The molecule has 1 saturated heterocycles. The second kappa shape index (κ2) is 11.3. The van der Waals surface area contributed by atoms with Crippen LogP contribution in [0.4, 0.5) is 0 Å². The van der Waals surface area contributed by atoms with E-state index in [1.807, 2.05) is 13.8 Å². The molecular formula is C24H37N3O5S. The molecule has 33 heavy (non-hydrogen) atoms. The molecule has 0 aromatic heterocycles. The van der Waals surface area contributed by atoms with Gasteiger partial charge in [-0.3, -0.25) is 9.59 Å². The third-order valence-electron chi connectivity index (χ3n) is 6.95. The van der Waals surface area contributed by atoms with Crippen molar-refractivity contribution < 1.29 is 22.7 Å². The summed E-state index contributed by atoms with van der Waals surface area (Å²) in [7, 11) is -2.19. The minimum absolute atomic E-state index is 0.0157. The SMILES string of the molecule is CCC(C)[C@@H](NC(=O)C1CCCN(S(=O)(=O)c2ccc(OC)cc2)C1)C(=O)NC1CCCC1. The van der Waals surface area contributed by atoms with E-state index in [1.165, 1.54) is 23.5 Å². The molecule has 2 amide bonds. The Labute approximate surface area is 197 Å². The lowest BCUT2D eigenvalue weighted by Crippen LogP contribution is -2.55. The van der Waals surface area contributed by atoms with Crippen molar-refractivity contribution in [3.05, 3.63) is 24.3 Å². The van der Waals surface area contributed by atoms with Gasteiger partial charge in [0.25, 0.3) is 0 Å². The first-order valence-corrected chi connectivity index (χ1v) is 13.4. The van der Waals surface area contributed by atoms with Gasteiger partial charge in [-0.15, -0.1) is 0 Å². The monoisotopic (exact) mass is 479 g/mol. The first kappa shape index (κ1) is 25.5. The van der Waals surface area contributed by atoms with Gasteiger partial charge in [0.05, 0.1) is 17.9 Å². The number of benzene rings is 1. The molecule has 1 aromatic rings. The number of rotatable bonds is 9. The topological polar surface area (TPSA) is 105 Å². The van der Waals surface area contributed by atoms with Crippen LogP contribution in [0.25, 0.3) is 0 Å². The quantitative estimate of drug-likeness (QED) is 0.567. The van der Waals surface area contributed by atoms with Crippen LogP contribution in [-0.2, 0) is 19.6 Å². The van der Waals surface area contributed by atoms with Gasteiger partial charge in [-0.25, -0.2) is 8.42 Å². The number of nitrogens with zero attached hydrogens (tertiary/aromatic N) is 1. The third-order valence-corrected chi connectivity index (χ3v) is 8.83. The standard InChI is InChI=1S/C24H37N3O5S/c1-4-17(2)22(24(29)25-19-9-5-6-10-19)26-23(28)18-8-7-15-27(16-18)33(30,31)21-13-11-20(32-3)12-14-21/h11-14,17-19,22H,4-10,15-16H2,1-3H3,(H,25,29)(H,26,28)/t17?,18?,22-/m1/s1. The molecular weight excluding hydrogens is 442 g/mol. The van der Waals surface area contributed by atoms with Crippen LogP contribution >= 0.6 is 0 Å². The van der Waals surface area contributed by atoms with Crippen molar-refractivity contribution >= 4 is 21.8 Å². The summed E-state index contributed by atoms with van der Waals surface area (Å²) in [6.07, 6.45) is 6.14. The Hall–Kier alpha value is -2.13. The molecule has 0 radical (unpaired) electrons. The summed E-state index contributed by atoms with van der Waals surface area (Å²) in [5.41, 5.74) is 0. The Morgan fingerprint density at radius 2 is 1.79 bits per heavy atom. The summed E-state index contributed by atoms with van der Waals surface area (Å²) in [5.74, 6) is -0.313. The number of hydrogen-bond acceptors (Lipinski definition) is 5. The highest BCUT2D eigenvalue weighted by atomic mass is 32.2. The minimum atomic E-state index is -3.72. The second-order valence-electron chi connectivity index (χ2n) is 9.24. The Bertz CT molecular complexity index is 913. The van der Waals surface area contributed by atoms with Gasteiger partial charge in [0.1, 0.15) is 11.8 Å². The van der Waals surface area contributed by atoms with Crippen LogP contribution in [-0.4, -0.2) is 56.8 Å². The fourth-order valence-electron chi connectivity index (χ4n) is 4.61. The average molecular weight is 480 g/mol. The van der Waals surface area contributed by atoms with Crippen molar-refractivity contribution in [1.82, 2.24) is 14.9 Å². The second-order valence-corrected chi connectivity index (χ2v) is 11.2. The zero-order chi connectivity index (χ0) is 24.0. The van der Waals surface area contributed by atoms with Gasteiger partial charge in [0.15, 0.2) is 0 Å². The van der Waals surface area contributed by atoms with Gasteiger partial charge >= 0.3 is 0 Å². The van der Waals surface area contributed by atoms with E-state index >= 15 is 0 Å². The lowest BCUT2D eigenvalue weighted by Gasteiger charge is -2.33. The van der Waals surface area contributed by atoms with Crippen LogP contribution in [0.2, 0.25) is 0 Å². The van der Waals surface area contributed by atoms with Crippen molar-refractivity contribution in [3.8, 4) is 5.75 Å². The van der Waals surface area contributed by atoms with Crippen molar-refractivity contribution in [3.63, 3.8) is 0 Å². The van der Waals surface area contributed by atoms with Crippen molar-refractivity contribution in [1.29, 1.82) is 0 Å². The van der Waals surface area contributed by atoms with Crippen molar-refractivity contribution in [2.24, 2.45) is 11.8 Å². The van der Waals surface area contributed by atoms with Gasteiger partial charge in [0.2, 0.25) is 21.8 Å². The van der Waals surface area contributed by atoms with Crippen LogP contribution < -0.4 is 15.4 Å². The lowest BCUT2D eigenvalue weighted by molar-refractivity contribution is -0.133. The molecule has 1 saturated carbocycles. The molecule has 2 aliphatic rings. The molecule has 1 heterocycles. The van der Waals surface area contributed by atoms with Gasteiger partial charge in [-0.05, 0) is 55.9 Å². The van der Waals surface area contributed by atoms with E-state index in [2.05, 4.69) is 10.6 Å². The summed E-state index contributed by atoms with van der Waals surface area (Å²) >= 11 is 0. The Morgan fingerprint density at radius 3 is 2.39 bits per heavy atom. The molecule has 1 aromatic carbocycles. The number of carbonyl (C=O) groups excluding carboxylic acids is 2. The van der Waals surface area contributed by atoms with Crippen LogP contribution in [0.1, 0.15) is 58.8 Å². The Balaban J connectivity index is 1.66. The summed E-state index contributed by atoms with van der Waals surface area (Å²) < 4.78 is 32.7. The van der Waals surface area contributed by atoms with Gasteiger partial charge in [-0.1, -0.05) is 33.1 Å². The number of carbonyl (C=O) groups is 2. The average Bonchev–Trinajstić information content (AvgIpc) is 3.34. The molecule has 1 aliphatic carbocycles. The predicted octanol–water partition coefficient (Wildman–Crippen LogP) is 2.69. The summed E-state index contributed by atoms with van der Waals surface area (Å²) in [4.78, 5) is 26.2. The molecule has 184 valence electrons. The first-order chi connectivity index (χ1) is 15.8. The van der Waals surface area contributed by atoms with E-state index in [9.17, 15) is 18.0 Å². The van der Waals surface area contributed by atoms with E-state index in [0.29, 0.717) is 25.1 Å². The Kier molecular flexibility index (Phi) is 8.75. The van der Waals surface area contributed by atoms with Crippen molar-refractivity contribution in [2.75, 3.05) is 20.2 Å². The van der Waals surface area contributed by atoms with E-state index < -0.39 is 22.0 Å². The fraction of sp³-hybridized carbons (Fsp3) is 0.667. The maximum Gasteiger partial charge on any atom is 0.243 e. The number of amides is 2. The van der Waals surface area contributed by atoms with Crippen molar-refractivity contribution in [2.45, 2.75) is 75.8 Å². The minimum Gasteiger partial charge on any atom is -0.497 e. The van der Waals surface area contributed by atoms with E-state index in [1.54, 1.807) is 12.1 Å². The van der Waals surface area contributed by atoms with Crippen LogP contribution in [0.5, 0.6) is 5.75 Å². The number of methoxy groups -OCH3 is 1. The molecule has 2 fully saturated rings. The summed E-state index contributed by atoms with van der Waals surface area (Å²) in [6, 6.07) is 5.83. The largest absolute Gasteiger partial charge is 0.497 e. The highest BCUT2D eigenvalue weighted by Gasteiger charge is 2.36. The van der Waals surface area contributed by atoms with Crippen LogP contribution in [0.15, 0.2) is 29.2 Å². The normalized spacial score (nSPS) is 21.8. The molecule has 9 heteroatoms. The number of hydrogen-bond donors (Lipinski definition) is 2. The van der Waals surface area contributed by atoms with Gasteiger partial charge in [0, 0.05) is 19.1 Å². The number of piperidine rings is 1. The fourth-order valence-corrected chi connectivity index (χ4v) is 6.13. The first-order valence-electron chi connectivity index (χ1n) is 12.0. The molecule has 3 atom stereocenters. The smallest absolute Gasteiger partial charge is 0.243 e. The molecule has 0 spiro atoms. The van der Waals surface area contributed by atoms with E-state index in [0.717, 1.165) is 32.1 Å². The highest BCUT2D eigenvalue weighted by molar-refractivity contribution is 7.89. The molecule has 1 aliphatic heterocycles. The van der Waals surface area contributed by atoms with Gasteiger partial charge < -0.3 is 15.4 Å². The Morgan fingerprint density at radius 1 is 1.12 bits per heavy atom. The van der Waals surface area contributed by atoms with E-state index in [4.69, 9.17) is 4.74 Å². The predicted molar refractivity (Wildman–Crippen MR) is 126 cm³/mol. The van der Waals surface area contributed by atoms with Crippen LogP contribution in [0, 0.1) is 11.8 Å².